The van der Waals surface area contributed by atoms with E-state index in [1.54, 1.807) is 6.92 Å². The predicted octanol–water partition coefficient (Wildman–Crippen LogP) is 4.03. The molecule has 3 rings (SSSR count). The van der Waals surface area contributed by atoms with Gasteiger partial charge in [0, 0.05) is 23.6 Å². The molecule has 0 aliphatic carbocycles. The lowest BCUT2D eigenvalue weighted by molar-refractivity contribution is -0.669. The Balaban J connectivity index is 1.87. The SMILES string of the molecule is CC[n+]1c(/C=C/c2ccc(OC(C)O)cc2)ccc2ccccc21. The molecule has 24 heavy (non-hydrogen) atoms. The molecule has 0 aliphatic rings. The fourth-order valence-electron chi connectivity index (χ4n) is 2.81. The number of aliphatic hydroxyl groups excluding tert-OH is 1. The third kappa shape index (κ3) is 3.63. The molecule has 1 atom stereocenters. The second-order valence-corrected chi connectivity index (χ2v) is 5.68. The van der Waals surface area contributed by atoms with Crippen LogP contribution >= 0.6 is 0 Å². The monoisotopic (exact) mass is 320 g/mol. The number of nitrogens with zero attached hydrogens (tertiary/aromatic N) is 1. The summed E-state index contributed by atoms with van der Waals surface area (Å²) < 4.78 is 7.55. The third-order valence-corrected chi connectivity index (χ3v) is 3.92. The van der Waals surface area contributed by atoms with Gasteiger partial charge >= 0.3 is 0 Å². The van der Waals surface area contributed by atoms with E-state index in [1.807, 2.05) is 24.3 Å². The van der Waals surface area contributed by atoms with Crippen LogP contribution in [0.5, 0.6) is 5.75 Å². The predicted molar refractivity (Wildman–Crippen MR) is 97.5 cm³/mol. The topological polar surface area (TPSA) is 33.3 Å². The molecule has 0 aliphatic heterocycles. The minimum atomic E-state index is -0.799. The van der Waals surface area contributed by atoms with Crippen molar-refractivity contribution in [1.82, 2.24) is 0 Å². The average molecular weight is 320 g/mol. The Labute approximate surface area is 142 Å². The molecule has 0 saturated carbocycles. The summed E-state index contributed by atoms with van der Waals surface area (Å²) in [5, 5.41) is 10.5. The first-order valence-corrected chi connectivity index (χ1v) is 8.22. The van der Waals surface area contributed by atoms with Crippen molar-refractivity contribution in [2.45, 2.75) is 26.7 Å². The largest absolute Gasteiger partial charge is 0.465 e. The van der Waals surface area contributed by atoms with Gasteiger partial charge < -0.3 is 9.84 Å². The maximum absolute atomic E-state index is 9.23. The van der Waals surface area contributed by atoms with Crippen molar-refractivity contribution in [2.75, 3.05) is 0 Å². The van der Waals surface area contributed by atoms with Crippen LogP contribution in [0.25, 0.3) is 23.1 Å². The number of aliphatic hydroxyl groups is 1. The Bertz CT molecular complexity index is 851. The molecule has 1 N–H and O–H groups in total. The molecule has 1 unspecified atom stereocenters. The minimum absolute atomic E-state index is 0.663. The van der Waals surface area contributed by atoms with Gasteiger partial charge in [0.15, 0.2) is 6.29 Å². The van der Waals surface area contributed by atoms with Crippen LogP contribution in [0.4, 0.5) is 0 Å². The van der Waals surface area contributed by atoms with Crippen molar-refractivity contribution in [1.29, 1.82) is 0 Å². The number of rotatable bonds is 5. The summed E-state index contributed by atoms with van der Waals surface area (Å²) in [5.41, 5.74) is 3.49. The average Bonchev–Trinajstić information content (AvgIpc) is 2.60. The number of aromatic nitrogens is 1. The van der Waals surface area contributed by atoms with Crippen molar-refractivity contribution in [3.05, 3.63) is 71.9 Å². The van der Waals surface area contributed by atoms with Crippen LogP contribution in [0.15, 0.2) is 60.7 Å². The molecular formula is C21H22NO2+. The van der Waals surface area contributed by atoms with Crippen LogP contribution in [-0.4, -0.2) is 11.4 Å². The molecule has 0 bridgehead atoms. The van der Waals surface area contributed by atoms with Crippen molar-refractivity contribution in [2.24, 2.45) is 0 Å². The van der Waals surface area contributed by atoms with Gasteiger partial charge in [0.1, 0.15) is 12.3 Å². The fraction of sp³-hybridized carbons (Fsp3) is 0.190. The Kier molecular flexibility index (Phi) is 4.92. The van der Waals surface area contributed by atoms with Gasteiger partial charge in [-0.05, 0) is 49.8 Å². The van der Waals surface area contributed by atoms with Crippen LogP contribution in [0.1, 0.15) is 25.1 Å². The maximum atomic E-state index is 9.23. The van der Waals surface area contributed by atoms with Gasteiger partial charge in [-0.3, -0.25) is 0 Å². The Morgan fingerprint density at radius 1 is 1.00 bits per heavy atom. The van der Waals surface area contributed by atoms with Crippen molar-refractivity contribution >= 4 is 23.1 Å². The molecule has 122 valence electrons. The number of aryl methyl sites for hydroxylation is 1. The van der Waals surface area contributed by atoms with Crippen LogP contribution < -0.4 is 9.30 Å². The van der Waals surface area contributed by atoms with E-state index in [0.29, 0.717) is 5.75 Å². The summed E-state index contributed by atoms with van der Waals surface area (Å²) in [4.78, 5) is 0. The molecule has 1 aromatic heterocycles. The highest BCUT2D eigenvalue weighted by atomic mass is 16.6. The summed E-state index contributed by atoms with van der Waals surface area (Å²) in [6, 6.07) is 20.4. The van der Waals surface area contributed by atoms with Crippen molar-refractivity contribution < 1.29 is 14.4 Å². The van der Waals surface area contributed by atoms with E-state index < -0.39 is 6.29 Å². The van der Waals surface area contributed by atoms with Gasteiger partial charge in [-0.2, -0.15) is 4.57 Å². The summed E-state index contributed by atoms with van der Waals surface area (Å²) in [5.74, 6) is 0.663. The number of hydrogen-bond donors (Lipinski definition) is 1. The third-order valence-electron chi connectivity index (χ3n) is 3.92. The molecule has 3 aromatic rings. The normalized spacial score (nSPS) is 12.6. The zero-order chi connectivity index (χ0) is 16.9. The zero-order valence-electron chi connectivity index (χ0n) is 14.0. The second kappa shape index (κ2) is 7.28. The van der Waals surface area contributed by atoms with E-state index in [9.17, 15) is 5.11 Å². The smallest absolute Gasteiger partial charge is 0.212 e. The van der Waals surface area contributed by atoms with Gasteiger partial charge in [-0.1, -0.05) is 24.3 Å². The molecule has 0 amide bonds. The van der Waals surface area contributed by atoms with Crippen molar-refractivity contribution in [3.63, 3.8) is 0 Å². The first-order chi connectivity index (χ1) is 11.7. The molecule has 0 radical (unpaired) electrons. The van der Waals surface area contributed by atoms with E-state index >= 15 is 0 Å². The van der Waals surface area contributed by atoms with Crippen LogP contribution in [0, 0.1) is 0 Å². The molecule has 0 spiro atoms. The highest BCUT2D eigenvalue weighted by Gasteiger charge is 2.10. The Hall–Kier alpha value is -2.65. The van der Waals surface area contributed by atoms with Gasteiger partial charge in [0.05, 0.1) is 0 Å². The molecule has 2 aromatic carbocycles. The zero-order valence-corrected chi connectivity index (χ0v) is 14.0. The van der Waals surface area contributed by atoms with E-state index in [0.717, 1.165) is 12.1 Å². The maximum Gasteiger partial charge on any atom is 0.212 e. The minimum Gasteiger partial charge on any atom is -0.465 e. The Morgan fingerprint density at radius 3 is 2.46 bits per heavy atom. The molecule has 3 nitrogen and oxygen atoms in total. The van der Waals surface area contributed by atoms with E-state index in [-0.39, 0.29) is 0 Å². The summed E-state index contributed by atoms with van der Waals surface area (Å²) in [6.45, 7) is 4.67. The highest BCUT2D eigenvalue weighted by Crippen LogP contribution is 2.16. The van der Waals surface area contributed by atoms with Crippen molar-refractivity contribution in [3.8, 4) is 5.75 Å². The Morgan fingerprint density at radius 2 is 1.75 bits per heavy atom. The van der Waals surface area contributed by atoms with E-state index in [2.05, 4.69) is 60.0 Å². The van der Waals surface area contributed by atoms with E-state index in [1.165, 1.54) is 16.6 Å². The summed E-state index contributed by atoms with van der Waals surface area (Å²) >= 11 is 0. The molecule has 3 heteroatoms. The lowest BCUT2D eigenvalue weighted by atomic mass is 10.1. The van der Waals surface area contributed by atoms with Crippen LogP contribution in [0.3, 0.4) is 0 Å². The summed E-state index contributed by atoms with van der Waals surface area (Å²) in [6.07, 6.45) is 3.41. The first kappa shape index (κ1) is 16.2. The molecule has 1 heterocycles. The van der Waals surface area contributed by atoms with Crippen LogP contribution in [-0.2, 0) is 6.54 Å². The number of benzene rings is 2. The standard InChI is InChI=1S/C21H22NO2/c1-3-22-19(13-11-18-6-4-5-7-21(18)22)12-8-17-9-14-20(15-10-17)24-16(2)23/h4-16,23H,3H2,1-2H3/q+1/b12-8+. The van der Waals surface area contributed by atoms with Crippen LogP contribution in [0.2, 0.25) is 0 Å². The number of ether oxygens (including phenoxy) is 1. The number of fused-ring (bicyclic) bond motifs is 1. The van der Waals surface area contributed by atoms with E-state index in [4.69, 9.17) is 4.74 Å². The number of hydrogen-bond acceptors (Lipinski definition) is 2. The first-order valence-electron chi connectivity index (χ1n) is 8.22. The fourth-order valence-corrected chi connectivity index (χ4v) is 2.81. The van der Waals surface area contributed by atoms with Gasteiger partial charge in [0.2, 0.25) is 11.2 Å². The molecule has 0 saturated heterocycles. The lowest BCUT2D eigenvalue weighted by Gasteiger charge is -2.08. The highest BCUT2D eigenvalue weighted by molar-refractivity contribution is 5.77. The number of para-hydroxylation sites is 1. The van der Waals surface area contributed by atoms with Gasteiger partial charge in [-0.15, -0.1) is 0 Å². The molecular weight excluding hydrogens is 298 g/mol. The summed E-state index contributed by atoms with van der Waals surface area (Å²) in [7, 11) is 0. The number of pyridine rings is 1. The lowest BCUT2D eigenvalue weighted by Crippen LogP contribution is -2.36. The van der Waals surface area contributed by atoms with Gasteiger partial charge in [0.25, 0.3) is 0 Å². The molecule has 0 fully saturated rings. The van der Waals surface area contributed by atoms with Gasteiger partial charge in [-0.25, -0.2) is 0 Å². The quantitative estimate of drug-likeness (QED) is 0.569. The second-order valence-electron chi connectivity index (χ2n) is 5.68.